The minimum atomic E-state index is -0.192. The lowest BCUT2D eigenvalue weighted by molar-refractivity contribution is 0.0584. The second-order valence-corrected chi connectivity index (χ2v) is 6.13. The van der Waals surface area contributed by atoms with Crippen LogP contribution in [0.3, 0.4) is 0 Å². The molecular formula is C18H27FN2O. The third-order valence-corrected chi connectivity index (χ3v) is 4.42. The largest absolute Gasteiger partial charge is 0.396 e. The van der Waals surface area contributed by atoms with E-state index in [4.69, 9.17) is 0 Å². The molecule has 1 N–H and O–H groups in total. The van der Waals surface area contributed by atoms with E-state index >= 15 is 0 Å². The van der Waals surface area contributed by atoms with Crippen LogP contribution in [0, 0.1) is 5.82 Å². The van der Waals surface area contributed by atoms with Gasteiger partial charge in [-0.25, -0.2) is 4.39 Å². The van der Waals surface area contributed by atoms with Gasteiger partial charge < -0.3 is 5.11 Å². The molecule has 1 heterocycles. The van der Waals surface area contributed by atoms with Crippen LogP contribution in [0.1, 0.15) is 25.8 Å². The fourth-order valence-corrected chi connectivity index (χ4v) is 3.00. The van der Waals surface area contributed by atoms with Crippen LogP contribution in [0.4, 0.5) is 4.39 Å². The number of piperazine rings is 1. The summed E-state index contributed by atoms with van der Waals surface area (Å²) in [7, 11) is 0. The van der Waals surface area contributed by atoms with Crippen LogP contribution in [0.5, 0.6) is 0 Å². The van der Waals surface area contributed by atoms with Gasteiger partial charge in [0, 0.05) is 45.4 Å². The first-order valence-corrected chi connectivity index (χ1v) is 8.06. The van der Waals surface area contributed by atoms with Crippen molar-refractivity contribution in [1.82, 2.24) is 9.80 Å². The van der Waals surface area contributed by atoms with E-state index in [1.807, 2.05) is 12.1 Å². The fourth-order valence-electron chi connectivity index (χ4n) is 3.00. The summed E-state index contributed by atoms with van der Waals surface area (Å²) in [5.74, 6) is -0.192. The molecule has 1 aliphatic rings. The quantitative estimate of drug-likeness (QED) is 0.819. The lowest BCUT2D eigenvalue weighted by atomic mass is 10.1. The number of halogens is 1. The van der Waals surface area contributed by atoms with E-state index in [-0.39, 0.29) is 12.4 Å². The van der Waals surface area contributed by atoms with Crippen LogP contribution in [0.25, 0.3) is 0 Å². The van der Waals surface area contributed by atoms with Crippen LogP contribution < -0.4 is 0 Å². The molecule has 0 aromatic heterocycles. The fraction of sp³-hybridized carbons (Fsp3) is 0.556. The van der Waals surface area contributed by atoms with E-state index in [0.29, 0.717) is 6.04 Å². The molecule has 22 heavy (non-hydrogen) atoms. The minimum Gasteiger partial charge on any atom is -0.396 e. The molecule has 1 saturated heterocycles. The van der Waals surface area contributed by atoms with Crippen LogP contribution in [0.2, 0.25) is 0 Å². The minimum absolute atomic E-state index is 0.192. The Kier molecular flexibility index (Phi) is 6.55. The molecule has 1 aromatic rings. The first-order chi connectivity index (χ1) is 10.6. The summed E-state index contributed by atoms with van der Waals surface area (Å²) in [6, 6.07) is 7.08. The highest BCUT2D eigenvalue weighted by Gasteiger charge is 2.26. The molecule has 2 rings (SSSR count). The molecule has 1 aromatic carbocycles. The van der Waals surface area contributed by atoms with Crippen LogP contribution in [-0.2, 0) is 6.54 Å². The first kappa shape index (κ1) is 17.1. The van der Waals surface area contributed by atoms with E-state index < -0.39 is 0 Å². The Morgan fingerprint density at radius 3 is 2.68 bits per heavy atom. The first-order valence-electron chi connectivity index (χ1n) is 8.06. The number of allylic oxidation sites excluding steroid dienone is 1. The summed E-state index contributed by atoms with van der Waals surface area (Å²) in [5, 5.41) is 9.35. The third-order valence-electron chi connectivity index (χ3n) is 4.42. The standard InChI is InChI=1S/C18H27FN2O/c1-3-15(2)12-20-9-10-21(18(14-20)8-11-22)13-16-4-6-17(19)7-5-16/h3-7,18,22H,8-14H2,1-2H3/b15-3+. The highest BCUT2D eigenvalue weighted by Crippen LogP contribution is 2.17. The van der Waals surface area contributed by atoms with Gasteiger partial charge >= 0.3 is 0 Å². The molecule has 3 nitrogen and oxygen atoms in total. The number of nitrogens with zero attached hydrogens (tertiary/aromatic N) is 2. The second-order valence-electron chi connectivity index (χ2n) is 6.13. The van der Waals surface area contributed by atoms with Gasteiger partial charge in [-0.05, 0) is 38.0 Å². The second kappa shape index (κ2) is 8.42. The van der Waals surface area contributed by atoms with Crippen molar-refractivity contribution in [2.75, 3.05) is 32.8 Å². The summed E-state index contributed by atoms with van der Waals surface area (Å²) in [5.41, 5.74) is 2.51. The molecule has 122 valence electrons. The molecule has 0 amide bonds. The molecule has 1 atom stereocenters. The molecule has 1 fully saturated rings. The highest BCUT2D eigenvalue weighted by atomic mass is 19.1. The molecule has 0 saturated carbocycles. The van der Waals surface area contributed by atoms with Gasteiger partial charge in [0.25, 0.3) is 0 Å². The molecule has 0 spiro atoms. The highest BCUT2D eigenvalue weighted by molar-refractivity contribution is 5.16. The number of hydrogen-bond donors (Lipinski definition) is 1. The lowest BCUT2D eigenvalue weighted by Gasteiger charge is -2.41. The molecule has 0 radical (unpaired) electrons. The van der Waals surface area contributed by atoms with Crippen molar-refractivity contribution in [2.45, 2.75) is 32.9 Å². The van der Waals surface area contributed by atoms with E-state index in [1.165, 1.54) is 17.7 Å². The van der Waals surface area contributed by atoms with Crippen molar-refractivity contribution in [3.05, 3.63) is 47.3 Å². The Bertz CT molecular complexity index is 486. The molecule has 1 aliphatic heterocycles. The summed E-state index contributed by atoms with van der Waals surface area (Å²) in [6.07, 6.45) is 2.94. The zero-order chi connectivity index (χ0) is 15.9. The zero-order valence-corrected chi connectivity index (χ0v) is 13.6. The van der Waals surface area contributed by atoms with E-state index in [1.54, 1.807) is 0 Å². The van der Waals surface area contributed by atoms with Crippen molar-refractivity contribution in [3.63, 3.8) is 0 Å². The van der Waals surface area contributed by atoms with Gasteiger partial charge in [-0.2, -0.15) is 0 Å². The van der Waals surface area contributed by atoms with E-state index in [2.05, 4.69) is 29.7 Å². The van der Waals surface area contributed by atoms with Crippen molar-refractivity contribution in [3.8, 4) is 0 Å². The number of rotatable bonds is 6. The summed E-state index contributed by atoms with van der Waals surface area (Å²) in [6.45, 7) is 9.27. The summed E-state index contributed by atoms with van der Waals surface area (Å²) in [4.78, 5) is 4.86. The number of benzene rings is 1. The Morgan fingerprint density at radius 2 is 2.05 bits per heavy atom. The van der Waals surface area contributed by atoms with Gasteiger partial charge in [-0.1, -0.05) is 23.8 Å². The molecule has 0 bridgehead atoms. The SMILES string of the molecule is C/C=C(\C)CN1CCN(Cc2ccc(F)cc2)C(CCO)C1. The van der Waals surface area contributed by atoms with Crippen molar-refractivity contribution in [2.24, 2.45) is 0 Å². The molecular weight excluding hydrogens is 279 g/mol. The number of hydrogen-bond acceptors (Lipinski definition) is 3. The molecule has 0 aliphatic carbocycles. The smallest absolute Gasteiger partial charge is 0.123 e. The van der Waals surface area contributed by atoms with Gasteiger partial charge in [0.1, 0.15) is 5.82 Å². The van der Waals surface area contributed by atoms with E-state index in [9.17, 15) is 9.50 Å². The topological polar surface area (TPSA) is 26.7 Å². The third kappa shape index (κ3) is 4.90. The Morgan fingerprint density at radius 1 is 1.32 bits per heavy atom. The zero-order valence-electron chi connectivity index (χ0n) is 13.6. The molecule has 1 unspecified atom stereocenters. The van der Waals surface area contributed by atoms with Crippen LogP contribution in [0.15, 0.2) is 35.9 Å². The maximum absolute atomic E-state index is 13.0. The number of aliphatic hydroxyl groups is 1. The van der Waals surface area contributed by atoms with Gasteiger partial charge in [-0.3, -0.25) is 9.80 Å². The Hall–Kier alpha value is -1.23. The van der Waals surface area contributed by atoms with Crippen molar-refractivity contribution < 1.29 is 9.50 Å². The molecule has 4 heteroatoms. The average Bonchev–Trinajstić information content (AvgIpc) is 2.52. The maximum atomic E-state index is 13.0. The predicted octanol–water partition coefficient (Wildman–Crippen LogP) is 2.66. The summed E-state index contributed by atoms with van der Waals surface area (Å²) < 4.78 is 13.0. The lowest BCUT2D eigenvalue weighted by Crippen LogP contribution is -2.53. The maximum Gasteiger partial charge on any atom is 0.123 e. The predicted molar refractivity (Wildman–Crippen MR) is 88.2 cm³/mol. The monoisotopic (exact) mass is 306 g/mol. The normalized spacial score (nSPS) is 21.3. The van der Waals surface area contributed by atoms with Gasteiger partial charge in [0.05, 0.1) is 0 Å². The Balaban J connectivity index is 1.97. The van der Waals surface area contributed by atoms with E-state index in [0.717, 1.165) is 44.7 Å². The van der Waals surface area contributed by atoms with Gasteiger partial charge in [0.2, 0.25) is 0 Å². The van der Waals surface area contributed by atoms with Gasteiger partial charge in [0.15, 0.2) is 0 Å². The number of aliphatic hydroxyl groups excluding tert-OH is 1. The van der Waals surface area contributed by atoms with Crippen LogP contribution in [-0.4, -0.2) is 53.7 Å². The van der Waals surface area contributed by atoms with Crippen LogP contribution >= 0.6 is 0 Å². The van der Waals surface area contributed by atoms with Crippen molar-refractivity contribution >= 4 is 0 Å². The summed E-state index contributed by atoms with van der Waals surface area (Å²) >= 11 is 0. The van der Waals surface area contributed by atoms with Crippen molar-refractivity contribution in [1.29, 1.82) is 0 Å². The average molecular weight is 306 g/mol. The van der Waals surface area contributed by atoms with Gasteiger partial charge in [-0.15, -0.1) is 0 Å². The Labute approximate surface area is 133 Å².